The molecule has 0 aliphatic heterocycles. The molecule has 0 aromatic carbocycles. The quantitative estimate of drug-likeness (QED) is 0.702. The third-order valence-electron chi connectivity index (χ3n) is 1.97. The number of aliphatic hydroxyl groups is 1. The minimum absolute atomic E-state index is 0.0728. The summed E-state index contributed by atoms with van der Waals surface area (Å²) < 4.78 is 0. The van der Waals surface area contributed by atoms with Crippen LogP contribution >= 0.6 is 0 Å². The largest absolute Gasteiger partial charge is 0.389 e. The van der Waals surface area contributed by atoms with Gasteiger partial charge >= 0.3 is 0 Å². The van der Waals surface area contributed by atoms with E-state index >= 15 is 0 Å². The molecule has 1 atom stereocenters. The van der Waals surface area contributed by atoms with Crippen LogP contribution in [0.5, 0.6) is 0 Å². The number of nitriles is 1. The zero-order chi connectivity index (χ0) is 10.5. The van der Waals surface area contributed by atoms with Gasteiger partial charge in [0.15, 0.2) is 0 Å². The zero-order valence-corrected chi connectivity index (χ0v) is 9.04. The molecule has 0 spiro atoms. The Morgan fingerprint density at radius 2 is 2.00 bits per heavy atom. The molecule has 0 aliphatic rings. The van der Waals surface area contributed by atoms with E-state index in [1.165, 1.54) is 0 Å². The highest BCUT2D eigenvalue weighted by molar-refractivity contribution is 4.92. The molecular weight excluding hydrogens is 164 g/mol. The van der Waals surface area contributed by atoms with Crippen LogP contribution in [0.4, 0.5) is 0 Å². The molecule has 0 saturated heterocycles. The summed E-state index contributed by atoms with van der Waals surface area (Å²) >= 11 is 0. The van der Waals surface area contributed by atoms with Crippen molar-refractivity contribution >= 4 is 0 Å². The molecule has 0 aliphatic carbocycles. The second kappa shape index (κ2) is 5.21. The predicted octanol–water partition coefficient (Wildman–Crippen LogP) is 1.38. The Morgan fingerprint density at radius 1 is 1.46 bits per heavy atom. The van der Waals surface area contributed by atoms with Crippen LogP contribution in [-0.4, -0.2) is 34.7 Å². The van der Waals surface area contributed by atoms with E-state index in [2.05, 4.69) is 6.07 Å². The highest BCUT2D eigenvalue weighted by atomic mass is 16.3. The maximum absolute atomic E-state index is 9.61. The molecular formula is C10H20N2O. The van der Waals surface area contributed by atoms with Crippen LogP contribution in [0.3, 0.4) is 0 Å². The van der Waals surface area contributed by atoms with Crippen molar-refractivity contribution in [2.75, 3.05) is 13.1 Å². The monoisotopic (exact) mass is 184 g/mol. The summed E-state index contributed by atoms with van der Waals surface area (Å²) in [6.07, 6.45) is 0.806. The van der Waals surface area contributed by atoms with E-state index < -0.39 is 5.60 Å². The molecule has 3 heteroatoms. The van der Waals surface area contributed by atoms with Gasteiger partial charge in [-0.3, -0.25) is 4.90 Å². The lowest BCUT2D eigenvalue weighted by molar-refractivity contribution is 0.0297. The standard InChI is InChI=1S/C10H20N2O/c1-5-9(7-11)12(6-2)8-10(3,4)13/h9,13H,5-6,8H2,1-4H3. The van der Waals surface area contributed by atoms with E-state index in [4.69, 9.17) is 5.26 Å². The van der Waals surface area contributed by atoms with Crippen LogP contribution in [-0.2, 0) is 0 Å². The third kappa shape index (κ3) is 4.87. The number of nitrogens with zero attached hydrogens (tertiary/aromatic N) is 2. The van der Waals surface area contributed by atoms with Crippen molar-refractivity contribution in [1.29, 1.82) is 5.26 Å². The Kier molecular flexibility index (Phi) is 4.97. The van der Waals surface area contributed by atoms with Crippen LogP contribution in [0.2, 0.25) is 0 Å². The van der Waals surface area contributed by atoms with Gasteiger partial charge in [-0.15, -0.1) is 0 Å². The molecule has 0 aromatic rings. The number of likely N-dealkylation sites (N-methyl/N-ethyl adjacent to an activating group) is 1. The molecule has 0 saturated carbocycles. The Labute approximate surface area is 81.0 Å². The first-order chi connectivity index (χ1) is 5.94. The minimum atomic E-state index is -0.722. The number of hydrogen-bond acceptors (Lipinski definition) is 3. The van der Waals surface area contributed by atoms with Crippen LogP contribution in [0.15, 0.2) is 0 Å². The fraction of sp³-hybridized carbons (Fsp3) is 0.900. The average Bonchev–Trinajstić information content (AvgIpc) is 2.02. The van der Waals surface area contributed by atoms with Gasteiger partial charge < -0.3 is 5.11 Å². The molecule has 0 amide bonds. The van der Waals surface area contributed by atoms with Crippen molar-refractivity contribution in [2.24, 2.45) is 0 Å². The van der Waals surface area contributed by atoms with Crippen molar-refractivity contribution in [3.8, 4) is 6.07 Å². The maximum atomic E-state index is 9.61. The molecule has 0 radical (unpaired) electrons. The third-order valence-corrected chi connectivity index (χ3v) is 1.97. The normalized spacial score (nSPS) is 14.2. The zero-order valence-electron chi connectivity index (χ0n) is 9.04. The summed E-state index contributed by atoms with van der Waals surface area (Å²) in [7, 11) is 0. The van der Waals surface area contributed by atoms with Crippen LogP contribution in [0.1, 0.15) is 34.1 Å². The highest BCUT2D eigenvalue weighted by Crippen LogP contribution is 2.09. The van der Waals surface area contributed by atoms with Crippen molar-refractivity contribution in [2.45, 2.75) is 45.8 Å². The van der Waals surface area contributed by atoms with Crippen molar-refractivity contribution < 1.29 is 5.11 Å². The Hall–Kier alpha value is -0.590. The van der Waals surface area contributed by atoms with E-state index in [-0.39, 0.29) is 6.04 Å². The summed E-state index contributed by atoms with van der Waals surface area (Å²) in [5.41, 5.74) is -0.722. The van der Waals surface area contributed by atoms with Crippen molar-refractivity contribution in [3.05, 3.63) is 0 Å². The molecule has 3 nitrogen and oxygen atoms in total. The molecule has 0 rings (SSSR count). The molecule has 0 aromatic heterocycles. The van der Waals surface area contributed by atoms with Gasteiger partial charge in [0.05, 0.1) is 17.7 Å². The molecule has 13 heavy (non-hydrogen) atoms. The van der Waals surface area contributed by atoms with Gasteiger partial charge in [0, 0.05) is 6.54 Å². The van der Waals surface area contributed by atoms with E-state index in [0.717, 1.165) is 13.0 Å². The maximum Gasteiger partial charge on any atom is 0.0976 e. The Balaban J connectivity index is 4.26. The molecule has 76 valence electrons. The van der Waals surface area contributed by atoms with Crippen LogP contribution in [0.25, 0.3) is 0 Å². The number of rotatable bonds is 5. The molecule has 0 fully saturated rings. The first kappa shape index (κ1) is 12.4. The predicted molar refractivity (Wildman–Crippen MR) is 53.2 cm³/mol. The summed E-state index contributed by atoms with van der Waals surface area (Å²) in [5.74, 6) is 0. The van der Waals surface area contributed by atoms with Gasteiger partial charge in [0.1, 0.15) is 0 Å². The lowest BCUT2D eigenvalue weighted by atomic mass is 10.1. The van der Waals surface area contributed by atoms with Gasteiger partial charge in [-0.1, -0.05) is 13.8 Å². The fourth-order valence-corrected chi connectivity index (χ4v) is 1.37. The van der Waals surface area contributed by atoms with Gasteiger partial charge in [-0.25, -0.2) is 0 Å². The van der Waals surface area contributed by atoms with Crippen molar-refractivity contribution in [1.82, 2.24) is 4.90 Å². The summed E-state index contributed by atoms with van der Waals surface area (Å²) in [5, 5.41) is 18.5. The molecule has 1 unspecified atom stereocenters. The molecule has 1 N–H and O–H groups in total. The fourth-order valence-electron chi connectivity index (χ4n) is 1.37. The van der Waals surface area contributed by atoms with Crippen LogP contribution < -0.4 is 0 Å². The molecule has 0 bridgehead atoms. The summed E-state index contributed by atoms with van der Waals surface area (Å²) in [6.45, 7) is 8.87. The SMILES string of the molecule is CCC(C#N)N(CC)CC(C)(C)O. The van der Waals surface area contributed by atoms with Gasteiger partial charge in [-0.2, -0.15) is 5.26 Å². The highest BCUT2D eigenvalue weighted by Gasteiger charge is 2.22. The number of hydrogen-bond donors (Lipinski definition) is 1. The van der Waals surface area contributed by atoms with Crippen molar-refractivity contribution in [3.63, 3.8) is 0 Å². The topological polar surface area (TPSA) is 47.3 Å². The Morgan fingerprint density at radius 3 is 2.23 bits per heavy atom. The van der Waals surface area contributed by atoms with Gasteiger partial charge in [0.25, 0.3) is 0 Å². The second-order valence-electron chi connectivity index (χ2n) is 3.93. The second-order valence-corrected chi connectivity index (χ2v) is 3.93. The van der Waals surface area contributed by atoms with E-state index in [9.17, 15) is 5.11 Å². The Bertz CT molecular complexity index is 178. The van der Waals surface area contributed by atoms with Gasteiger partial charge in [-0.05, 0) is 26.8 Å². The smallest absolute Gasteiger partial charge is 0.0976 e. The first-order valence-electron chi connectivity index (χ1n) is 4.80. The molecule has 0 heterocycles. The lowest BCUT2D eigenvalue weighted by Crippen LogP contribution is -2.43. The van der Waals surface area contributed by atoms with E-state index in [1.54, 1.807) is 13.8 Å². The van der Waals surface area contributed by atoms with E-state index in [0.29, 0.717) is 6.54 Å². The lowest BCUT2D eigenvalue weighted by Gasteiger charge is -2.30. The summed E-state index contributed by atoms with van der Waals surface area (Å²) in [4.78, 5) is 2.00. The van der Waals surface area contributed by atoms with Crippen LogP contribution in [0, 0.1) is 11.3 Å². The first-order valence-corrected chi connectivity index (χ1v) is 4.80. The summed E-state index contributed by atoms with van der Waals surface area (Å²) in [6, 6.07) is 2.17. The van der Waals surface area contributed by atoms with Gasteiger partial charge in [0.2, 0.25) is 0 Å². The average molecular weight is 184 g/mol. The van der Waals surface area contributed by atoms with E-state index in [1.807, 2.05) is 18.7 Å². The minimum Gasteiger partial charge on any atom is -0.389 e.